The zero-order valence-corrected chi connectivity index (χ0v) is 17.0. The van der Waals surface area contributed by atoms with Crippen molar-refractivity contribution in [3.63, 3.8) is 0 Å². The van der Waals surface area contributed by atoms with Gasteiger partial charge in [0.2, 0.25) is 5.91 Å². The fourth-order valence-corrected chi connectivity index (χ4v) is 3.46. The van der Waals surface area contributed by atoms with Crippen molar-refractivity contribution in [3.05, 3.63) is 23.8 Å². The summed E-state index contributed by atoms with van der Waals surface area (Å²) in [6.45, 7) is 1.98. The average Bonchev–Trinajstić information content (AvgIpc) is 2.73. The molecule has 1 aromatic rings. The summed E-state index contributed by atoms with van der Waals surface area (Å²) in [5, 5.41) is 3.10. The molecule has 0 atom stereocenters. The summed E-state index contributed by atoms with van der Waals surface area (Å²) in [4.78, 5) is 26.7. The van der Waals surface area contributed by atoms with Crippen LogP contribution < -0.4 is 20.5 Å². The number of hydrogen-bond acceptors (Lipinski definition) is 5. The summed E-state index contributed by atoms with van der Waals surface area (Å²) in [6.07, 6.45) is 6.17. The lowest BCUT2D eigenvalue weighted by Gasteiger charge is -2.32. The number of benzene rings is 1. The third kappa shape index (κ3) is 6.41. The number of amides is 2. The summed E-state index contributed by atoms with van der Waals surface area (Å²) in [5.41, 5.74) is 6.05. The van der Waals surface area contributed by atoms with Crippen molar-refractivity contribution in [1.82, 2.24) is 10.2 Å². The Morgan fingerprint density at radius 2 is 1.75 bits per heavy atom. The van der Waals surface area contributed by atoms with Gasteiger partial charge in [-0.25, -0.2) is 0 Å². The summed E-state index contributed by atoms with van der Waals surface area (Å²) in [6, 6.07) is 5.35. The highest BCUT2D eigenvalue weighted by atomic mass is 16.5. The van der Waals surface area contributed by atoms with Gasteiger partial charge in [0, 0.05) is 31.1 Å². The number of methoxy groups -OCH3 is 2. The van der Waals surface area contributed by atoms with Crippen LogP contribution in [0.25, 0.3) is 0 Å². The molecule has 2 amide bonds. The Bertz CT molecular complexity index is 643. The molecule has 2 rings (SSSR count). The van der Waals surface area contributed by atoms with Crippen LogP contribution in [0.15, 0.2) is 18.2 Å². The molecule has 1 aliphatic heterocycles. The molecule has 3 N–H and O–H groups in total. The monoisotopic (exact) mass is 391 g/mol. The predicted molar refractivity (Wildman–Crippen MR) is 109 cm³/mol. The van der Waals surface area contributed by atoms with Gasteiger partial charge in [-0.15, -0.1) is 0 Å². The number of ether oxygens (including phenoxy) is 2. The topological polar surface area (TPSA) is 93.9 Å². The van der Waals surface area contributed by atoms with E-state index in [9.17, 15) is 9.59 Å². The largest absolute Gasteiger partial charge is 0.493 e. The van der Waals surface area contributed by atoms with E-state index in [1.54, 1.807) is 32.4 Å². The van der Waals surface area contributed by atoms with Crippen molar-refractivity contribution in [2.24, 2.45) is 5.73 Å². The van der Waals surface area contributed by atoms with Crippen LogP contribution in [0.5, 0.6) is 11.5 Å². The fourth-order valence-electron chi connectivity index (χ4n) is 3.46. The molecule has 1 fully saturated rings. The summed E-state index contributed by atoms with van der Waals surface area (Å²) < 4.78 is 10.5. The van der Waals surface area contributed by atoms with E-state index < -0.39 is 0 Å². The fraction of sp³-hybridized carbons (Fsp3) is 0.619. The number of nitrogens with one attached hydrogen (secondary N) is 1. The Labute approximate surface area is 167 Å². The number of rotatable bonds is 10. The van der Waals surface area contributed by atoms with Gasteiger partial charge in [0.15, 0.2) is 11.5 Å². The average molecular weight is 392 g/mol. The van der Waals surface area contributed by atoms with E-state index in [2.05, 4.69) is 5.32 Å². The van der Waals surface area contributed by atoms with E-state index in [0.29, 0.717) is 43.1 Å². The highest BCUT2D eigenvalue weighted by molar-refractivity contribution is 5.95. The Balaban J connectivity index is 1.77. The van der Waals surface area contributed by atoms with Crippen LogP contribution in [0.1, 0.15) is 55.3 Å². The molecule has 0 aliphatic carbocycles. The van der Waals surface area contributed by atoms with Gasteiger partial charge in [-0.1, -0.05) is 12.8 Å². The molecule has 7 nitrogen and oxygen atoms in total. The first kappa shape index (κ1) is 22.0. The Morgan fingerprint density at radius 3 is 2.39 bits per heavy atom. The van der Waals surface area contributed by atoms with Crippen LogP contribution in [-0.4, -0.2) is 56.6 Å². The van der Waals surface area contributed by atoms with Gasteiger partial charge in [-0.2, -0.15) is 0 Å². The minimum atomic E-state index is -0.0226. The van der Waals surface area contributed by atoms with E-state index in [-0.39, 0.29) is 17.9 Å². The van der Waals surface area contributed by atoms with Crippen LogP contribution in [0.3, 0.4) is 0 Å². The van der Waals surface area contributed by atoms with Crippen LogP contribution >= 0.6 is 0 Å². The molecule has 7 heteroatoms. The summed E-state index contributed by atoms with van der Waals surface area (Å²) in [5.74, 6) is 1.23. The normalized spacial score (nSPS) is 14.6. The third-order valence-corrected chi connectivity index (χ3v) is 5.14. The van der Waals surface area contributed by atoms with E-state index >= 15 is 0 Å². The van der Waals surface area contributed by atoms with E-state index in [1.165, 1.54) is 0 Å². The number of unbranched alkanes of at least 4 members (excludes halogenated alkanes) is 3. The van der Waals surface area contributed by atoms with Crippen LogP contribution in [-0.2, 0) is 4.79 Å². The highest BCUT2D eigenvalue weighted by Crippen LogP contribution is 2.28. The number of piperidine rings is 1. The van der Waals surface area contributed by atoms with Gasteiger partial charge in [0.25, 0.3) is 5.91 Å². The van der Waals surface area contributed by atoms with Gasteiger partial charge < -0.3 is 25.4 Å². The lowest BCUT2D eigenvalue weighted by molar-refractivity contribution is -0.122. The quantitative estimate of drug-likeness (QED) is 0.597. The maximum Gasteiger partial charge on any atom is 0.253 e. The zero-order valence-electron chi connectivity index (χ0n) is 17.0. The molecule has 1 aromatic carbocycles. The van der Waals surface area contributed by atoms with Crippen molar-refractivity contribution >= 4 is 11.8 Å². The van der Waals surface area contributed by atoms with Gasteiger partial charge >= 0.3 is 0 Å². The van der Waals surface area contributed by atoms with Gasteiger partial charge in [0.05, 0.1) is 14.2 Å². The number of likely N-dealkylation sites (tertiary alicyclic amines) is 1. The molecule has 0 aromatic heterocycles. The van der Waals surface area contributed by atoms with E-state index in [4.69, 9.17) is 15.2 Å². The molecule has 0 spiro atoms. The van der Waals surface area contributed by atoms with Crippen molar-refractivity contribution in [3.8, 4) is 11.5 Å². The smallest absolute Gasteiger partial charge is 0.253 e. The SMILES string of the molecule is COc1ccc(C(=O)N2CCC(NC(=O)CCCCCCN)CC2)cc1OC. The maximum absolute atomic E-state index is 12.8. The molecule has 0 saturated carbocycles. The van der Waals surface area contributed by atoms with Gasteiger partial charge in [-0.3, -0.25) is 9.59 Å². The van der Waals surface area contributed by atoms with Crippen molar-refractivity contribution in [2.45, 2.75) is 51.0 Å². The molecular weight excluding hydrogens is 358 g/mol. The second kappa shape index (κ2) is 11.5. The van der Waals surface area contributed by atoms with Crippen molar-refractivity contribution in [2.75, 3.05) is 33.9 Å². The number of carbonyl (C=O) groups excluding carboxylic acids is 2. The molecule has 1 aliphatic rings. The molecule has 28 heavy (non-hydrogen) atoms. The molecule has 0 radical (unpaired) electrons. The number of nitrogens with two attached hydrogens (primary N) is 1. The summed E-state index contributed by atoms with van der Waals surface area (Å²) in [7, 11) is 3.12. The minimum absolute atomic E-state index is 0.0226. The van der Waals surface area contributed by atoms with Crippen LogP contribution in [0.2, 0.25) is 0 Å². The molecule has 1 saturated heterocycles. The van der Waals surface area contributed by atoms with Gasteiger partial charge in [0.1, 0.15) is 0 Å². The Kier molecular flexibility index (Phi) is 9.07. The molecular formula is C21H33N3O4. The first-order valence-electron chi connectivity index (χ1n) is 10.1. The lowest BCUT2D eigenvalue weighted by atomic mass is 10.0. The number of nitrogens with zero attached hydrogens (tertiary/aromatic N) is 1. The zero-order chi connectivity index (χ0) is 20.4. The Hall–Kier alpha value is -2.28. The summed E-state index contributed by atoms with van der Waals surface area (Å²) >= 11 is 0. The van der Waals surface area contributed by atoms with Crippen LogP contribution in [0.4, 0.5) is 0 Å². The molecule has 0 unspecified atom stereocenters. The van der Waals surface area contributed by atoms with Crippen molar-refractivity contribution < 1.29 is 19.1 Å². The first-order chi connectivity index (χ1) is 13.6. The second-order valence-corrected chi connectivity index (χ2v) is 7.16. The number of carbonyl (C=O) groups is 2. The highest BCUT2D eigenvalue weighted by Gasteiger charge is 2.25. The molecule has 1 heterocycles. The standard InChI is InChI=1S/C21H33N3O4/c1-27-18-9-8-16(15-19(18)28-2)21(26)24-13-10-17(11-14-24)23-20(25)7-5-3-4-6-12-22/h8-9,15,17H,3-7,10-14,22H2,1-2H3,(H,23,25). The third-order valence-electron chi connectivity index (χ3n) is 5.14. The maximum atomic E-state index is 12.8. The van der Waals surface area contributed by atoms with Gasteiger partial charge in [-0.05, 0) is 50.4 Å². The Morgan fingerprint density at radius 1 is 1.07 bits per heavy atom. The first-order valence-corrected chi connectivity index (χ1v) is 10.1. The molecule has 156 valence electrons. The molecule has 0 bridgehead atoms. The predicted octanol–water partition coefficient (Wildman–Crippen LogP) is 2.33. The van der Waals surface area contributed by atoms with E-state index in [0.717, 1.165) is 38.5 Å². The number of hydrogen-bond donors (Lipinski definition) is 2. The van der Waals surface area contributed by atoms with Crippen LogP contribution in [0, 0.1) is 0 Å². The van der Waals surface area contributed by atoms with Crippen molar-refractivity contribution in [1.29, 1.82) is 0 Å². The minimum Gasteiger partial charge on any atom is -0.493 e. The second-order valence-electron chi connectivity index (χ2n) is 7.16. The lowest BCUT2D eigenvalue weighted by Crippen LogP contribution is -2.46. The van der Waals surface area contributed by atoms with E-state index in [1.807, 2.05) is 4.90 Å².